The van der Waals surface area contributed by atoms with Crippen LogP contribution in [0.4, 0.5) is 0 Å². The smallest absolute Gasteiger partial charge is 0.191 e. The summed E-state index contributed by atoms with van der Waals surface area (Å²) < 4.78 is 4.10. The van der Waals surface area contributed by atoms with Crippen LogP contribution in [0.5, 0.6) is 0 Å². The summed E-state index contributed by atoms with van der Waals surface area (Å²) in [5.41, 5.74) is 3.82. The SMILES string of the molecule is CC(C)n1cnnc1SCC(=O)c1c(-c2ccccc2)n(C)c2ccccc12. The largest absolute Gasteiger partial charge is 0.343 e. The Hall–Kier alpha value is -2.86. The van der Waals surface area contributed by atoms with Gasteiger partial charge in [0.25, 0.3) is 0 Å². The van der Waals surface area contributed by atoms with E-state index in [-0.39, 0.29) is 11.8 Å². The van der Waals surface area contributed by atoms with E-state index in [4.69, 9.17) is 0 Å². The third kappa shape index (κ3) is 3.24. The molecule has 2 aromatic carbocycles. The van der Waals surface area contributed by atoms with Crippen LogP contribution in [0.3, 0.4) is 0 Å². The molecule has 0 unspecified atom stereocenters. The van der Waals surface area contributed by atoms with Gasteiger partial charge >= 0.3 is 0 Å². The Morgan fingerprint density at radius 3 is 2.54 bits per heavy atom. The fraction of sp³-hybridized carbons (Fsp3) is 0.227. The van der Waals surface area contributed by atoms with Crippen molar-refractivity contribution in [1.29, 1.82) is 0 Å². The molecule has 0 saturated carbocycles. The number of carbonyl (C=O) groups excluding carboxylic acids is 1. The van der Waals surface area contributed by atoms with Crippen LogP contribution in [0.1, 0.15) is 30.2 Å². The van der Waals surface area contributed by atoms with Gasteiger partial charge in [-0.05, 0) is 25.5 Å². The lowest BCUT2D eigenvalue weighted by Crippen LogP contribution is -2.07. The van der Waals surface area contributed by atoms with Gasteiger partial charge in [-0.25, -0.2) is 0 Å². The molecule has 28 heavy (non-hydrogen) atoms. The first-order valence-corrected chi connectivity index (χ1v) is 10.2. The molecule has 5 nitrogen and oxygen atoms in total. The Morgan fingerprint density at radius 2 is 1.79 bits per heavy atom. The molecule has 4 rings (SSSR count). The Labute approximate surface area is 168 Å². The molecule has 0 bridgehead atoms. The second-order valence-corrected chi connectivity index (χ2v) is 7.93. The van der Waals surface area contributed by atoms with Gasteiger partial charge in [0, 0.05) is 24.0 Å². The summed E-state index contributed by atoms with van der Waals surface area (Å²) in [5.74, 6) is 0.415. The third-order valence-electron chi connectivity index (χ3n) is 4.86. The maximum absolute atomic E-state index is 13.4. The van der Waals surface area contributed by atoms with Crippen LogP contribution in [0.25, 0.3) is 22.2 Å². The first-order valence-electron chi connectivity index (χ1n) is 9.26. The lowest BCUT2D eigenvalue weighted by molar-refractivity contribution is 0.102. The van der Waals surface area contributed by atoms with Crippen LogP contribution in [-0.2, 0) is 7.05 Å². The Bertz CT molecular complexity index is 1130. The highest BCUT2D eigenvalue weighted by molar-refractivity contribution is 7.99. The quantitative estimate of drug-likeness (QED) is 0.344. The van der Waals surface area contributed by atoms with Crippen LogP contribution >= 0.6 is 11.8 Å². The standard InChI is InChI=1S/C22H22N4OS/c1-15(2)26-14-23-24-22(26)28-13-19(27)20-17-11-7-8-12-18(17)25(3)21(20)16-9-5-4-6-10-16/h4-12,14-15H,13H2,1-3H3. The minimum absolute atomic E-state index is 0.0963. The van der Waals surface area contributed by atoms with Gasteiger partial charge in [0.2, 0.25) is 0 Å². The van der Waals surface area contributed by atoms with Gasteiger partial charge in [-0.1, -0.05) is 60.3 Å². The van der Waals surface area contributed by atoms with Gasteiger partial charge in [0.1, 0.15) is 6.33 Å². The van der Waals surface area contributed by atoms with E-state index in [1.54, 1.807) is 6.33 Å². The Balaban J connectivity index is 1.75. The van der Waals surface area contributed by atoms with Crippen LogP contribution < -0.4 is 0 Å². The van der Waals surface area contributed by atoms with Crippen molar-refractivity contribution in [3.05, 3.63) is 66.5 Å². The van der Waals surface area contributed by atoms with Crippen molar-refractivity contribution in [2.45, 2.75) is 25.0 Å². The average Bonchev–Trinajstić information content (AvgIpc) is 3.30. The van der Waals surface area contributed by atoms with E-state index < -0.39 is 0 Å². The number of hydrogen-bond donors (Lipinski definition) is 0. The zero-order valence-electron chi connectivity index (χ0n) is 16.2. The van der Waals surface area contributed by atoms with Crippen molar-refractivity contribution in [2.24, 2.45) is 7.05 Å². The number of Topliss-reactive ketones (excluding diaryl/α,β-unsaturated/α-hetero) is 1. The summed E-state index contributed by atoms with van der Waals surface area (Å²) in [4.78, 5) is 13.4. The number of para-hydroxylation sites is 1. The minimum atomic E-state index is 0.0963. The molecular weight excluding hydrogens is 368 g/mol. The van der Waals surface area contributed by atoms with Gasteiger partial charge in [0.05, 0.1) is 17.0 Å². The zero-order chi connectivity index (χ0) is 19.7. The first kappa shape index (κ1) is 18.5. The highest BCUT2D eigenvalue weighted by Gasteiger charge is 2.22. The van der Waals surface area contributed by atoms with Crippen LogP contribution in [0.15, 0.2) is 66.1 Å². The number of thioether (sulfide) groups is 1. The molecule has 0 atom stereocenters. The van der Waals surface area contributed by atoms with E-state index in [9.17, 15) is 4.79 Å². The summed E-state index contributed by atoms with van der Waals surface area (Å²) in [6, 6.07) is 18.4. The second-order valence-electron chi connectivity index (χ2n) is 6.99. The molecule has 0 amide bonds. The molecule has 0 N–H and O–H groups in total. The molecule has 2 heterocycles. The summed E-state index contributed by atoms with van der Waals surface area (Å²) in [5, 5.41) is 9.91. The van der Waals surface area contributed by atoms with E-state index in [2.05, 4.69) is 34.7 Å². The molecule has 0 radical (unpaired) electrons. The molecule has 0 aliphatic carbocycles. The molecule has 0 aliphatic heterocycles. The number of fused-ring (bicyclic) bond motifs is 1. The van der Waals surface area contributed by atoms with Gasteiger partial charge in [-0.3, -0.25) is 4.79 Å². The second kappa shape index (κ2) is 7.64. The summed E-state index contributed by atoms with van der Waals surface area (Å²) in [7, 11) is 2.02. The monoisotopic (exact) mass is 390 g/mol. The molecule has 6 heteroatoms. The van der Waals surface area contributed by atoms with Gasteiger partial charge in [-0.2, -0.15) is 0 Å². The Kier molecular flexibility index (Phi) is 5.05. The van der Waals surface area contributed by atoms with Crippen molar-refractivity contribution in [2.75, 3.05) is 5.75 Å². The number of hydrogen-bond acceptors (Lipinski definition) is 4. The van der Waals surface area contributed by atoms with Crippen LogP contribution in [-0.4, -0.2) is 30.9 Å². The number of carbonyl (C=O) groups is 1. The normalized spacial score (nSPS) is 11.4. The topological polar surface area (TPSA) is 52.7 Å². The Morgan fingerprint density at radius 1 is 1.07 bits per heavy atom. The van der Waals surface area contributed by atoms with Crippen molar-refractivity contribution in [3.8, 4) is 11.3 Å². The maximum atomic E-state index is 13.4. The fourth-order valence-corrected chi connectivity index (χ4v) is 4.42. The number of aryl methyl sites for hydroxylation is 1. The van der Waals surface area contributed by atoms with Crippen molar-refractivity contribution < 1.29 is 4.79 Å². The highest BCUT2D eigenvalue weighted by atomic mass is 32.2. The third-order valence-corrected chi connectivity index (χ3v) is 5.82. The number of rotatable bonds is 6. The summed E-state index contributed by atoms with van der Waals surface area (Å²) in [6.45, 7) is 4.15. The summed E-state index contributed by atoms with van der Waals surface area (Å²) >= 11 is 1.44. The molecular formula is C22H22N4OS. The van der Waals surface area contributed by atoms with Crippen LogP contribution in [0, 0.1) is 0 Å². The molecule has 0 aliphatic rings. The predicted molar refractivity (Wildman–Crippen MR) is 114 cm³/mol. The lowest BCUT2D eigenvalue weighted by Gasteiger charge is -2.10. The van der Waals surface area contributed by atoms with E-state index in [0.717, 1.165) is 32.9 Å². The van der Waals surface area contributed by atoms with Crippen molar-refractivity contribution in [1.82, 2.24) is 19.3 Å². The average molecular weight is 391 g/mol. The number of aromatic nitrogens is 4. The highest BCUT2D eigenvalue weighted by Crippen LogP contribution is 2.34. The molecule has 4 aromatic rings. The number of ketones is 1. The van der Waals surface area contributed by atoms with Gasteiger partial charge < -0.3 is 9.13 Å². The van der Waals surface area contributed by atoms with Crippen molar-refractivity contribution >= 4 is 28.4 Å². The van der Waals surface area contributed by atoms with E-state index in [0.29, 0.717) is 5.75 Å². The maximum Gasteiger partial charge on any atom is 0.191 e. The summed E-state index contributed by atoms with van der Waals surface area (Å²) in [6.07, 6.45) is 1.71. The molecule has 142 valence electrons. The van der Waals surface area contributed by atoms with Gasteiger partial charge in [-0.15, -0.1) is 10.2 Å². The number of nitrogens with zero attached hydrogens (tertiary/aromatic N) is 4. The molecule has 0 spiro atoms. The lowest BCUT2D eigenvalue weighted by atomic mass is 10.0. The van der Waals surface area contributed by atoms with E-state index in [1.807, 2.05) is 60.1 Å². The van der Waals surface area contributed by atoms with E-state index >= 15 is 0 Å². The molecule has 0 fully saturated rings. The number of benzene rings is 2. The zero-order valence-corrected chi connectivity index (χ0v) is 17.0. The molecule has 2 aromatic heterocycles. The minimum Gasteiger partial charge on any atom is -0.343 e. The van der Waals surface area contributed by atoms with Gasteiger partial charge in [0.15, 0.2) is 10.9 Å². The fourth-order valence-electron chi connectivity index (χ4n) is 3.50. The first-order chi connectivity index (χ1) is 13.6. The van der Waals surface area contributed by atoms with Crippen LogP contribution in [0.2, 0.25) is 0 Å². The van der Waals surface area contributed by atoms with Crippen molar-refractivity contribution in [3.63, 3.8) is 0 Å². The van der Waals surface area contributed by atoms with E-state index in [1.165, 1.54) is 11.8 Å². The molecule has 0 saturated heterocycles. The predicted octanol–water partition coefficient (Wildman–Crippen LogP) is 4.99.